The third-order valence-corrected chi connectivity index (χ3v) is 2.62. The molecule has 2 N–H and O–H groups in total. The summed E-state index contributed by atoms with van der Waals surface area (Å²) in [5.74, 6) is 0. The average molecular weight is 234 g/mol. The molecule has 17 heavy (non-hydrogen) atoms. The average Bonchev–Trinajstić information content (AvgIpc) is 2.31. The van der Waals surface area contributed by atoms with Crippen LogP contribution in [-0.4, -0.2) is 25.8 Å². The van der Waals surface area contributed by atoms with Gasteiger partial charge in [-0.2, -0.15) is 0 Å². The van der Waals surface area contributed by atoms with Crippen LogP contribution in [0.1, 0.15) is 6.92 Å². The third-order valence-electron chi connectivity index (χ3n) is 2.62. The highest BCUT2D eigenvalue weighted by Crippen LogP contribution is 2.19. The molecule has 0 saturated heterocycles. The molecule has 0 aromatic rings. The predicted molar refractivity (Wildman–Crippen MR) is 68.5 cm³/mol. The summed E-state index contributed by atoms with van der Waals surface area (Å²) in [7, 11) is 1.59. The van der Waals surface area contributed by atoms with Crippen LogP contribution in [0.25, 0.3) is 0 Å². The van der Waals surface area contributed by atoms with E-state index in [1.54, 1.807) is 19.3 Å². The van der Waals surface area contributed by atoms with Crippen molar-refractivity contribution in [3.8, 4) is 0 Å². The van der Waals surface area contributed by atoms with Crippen molar-refractivity contribution < 1.29 is 9.53 Å². The number of hydrogen-bond donors (Lipinski definition) is 2. The molecule has 1 aliphatic heterocycles. The number of methoxy groups -OCH3 is 1. The SMILES string of the molecule is C=C/C=C(\C=C)C1NC(=O)NC(COC)=C1C. The normalized spacial score (nSPS) is 20.7. The molecule has 0 fully saturated rings. The van der Waals surface area contributed by atoms with Gasteiger partial charge in [-0.15, -0.1) is 0 Å². The van der Waals surface area contributed by atoms with Gasteiger partial charge < -0.3 is 15.4 Å². The van der Waals surface area contributed by atoms with Gasteiger partial charge in [0.15, 0.2) is 0 Å². The van der Waals surface area contributed by atoms with Gasteiger partial charge in [0.25, 0.3) is 0 Å². The predicted octanol–water partition coefficient (Wildman–Crippen LogP) is 1.89. The Kier molecular flexibility index (Phi) is 4.72. The molecule has 1 aliphatic rings. The number of amides is 2. The second-order valence-electron chi connectivity index (χ2n) is 3.73. The molecule has 1 atom stereocenters. The van der Waals surface area contributed by atoms with Crippen molar-refractivity contribution in [1.82, 2.24) is 10.6 Å². The molecule has 2 amide bonds. The van der Waals surface area contributed by atoms with Crippen molar-refractivity contribution in [3.63, 3.8) is 0 Å². The lowest BCUT2D eigenvalue weighted by molar-refractivity contribution is 0.210. The van der Waals surface area contributed by atoms with E-state index in [4.69, 9.17) is 4.74 Å². The Morgan fingerprint density at radius 1 is 1.53 bits per heavy atom. The second kappa shape index (κ2) is 6.06. The van der Waals surface area contributed by atoms with Gasteiger partial charge >= 0.3 is 6.03 Å². The van der Waals surface area contributed by atoms with Crippen LogP contribution in [-0.2, 0) is 4.74 Å². The lowest BCUT2D eigenvalue weighted by atomic mass is 9.96. The number of rotatable bonds is 5. The molecule has 0 radical (unpaired) electrons. The standard InChI is InChI=1S/C13H18N2O2/c1-5-7-10(6-2)12-9(3)11(8-17-4)14-13(16)15-12/h5-7,12H,1-2,8H2,3-4H3,(H2,14,15,16)/b10-7+. The monoisotopic (exact) mass is 234 g/mol. The van der Waals surface area contributed by atoms with E-state index in [9.17, 15) is 4.79 Å². The van der Waals surface area contributed by atoms with Gasteiger partial charge in [-0.1, -0.05) is 31.4 Å². The maximum Gasteiger partial charge on any atom is 0.319 e. The van der Waals surface area contributed by atoms with Crippen molar-refractivity contribution in [3.05, 3.63) is 48.2 Å². The van der Waals surface area contributed by atoms with Gasteiger partial charge in [0, 0.05) is 12.8 Å². The van der Waals surface area contributed by atoms with Crippen molar-refractivity contribution in [1.29, 1.82) is 0 Å². The van der Waals surface area contributed by atoms with E-state index < -0.39 is 0 Å². The second-order valence-corrected chi connectivity index (χ2v) is 3.73. The number of carbonyl (C=O) groups is 1. The molecule has 0 spiro atoms. The fraction of sp³-hybridized carbons (Fsp3) is 0.308. The minimum Gasteiger partial charge on any atom is -0.378 e. The highest BCUT2D eigenvalue weighted by Gasteiger charge is 2.25. The highest BCUT2D eigenvalue weighted by molar-refractivity contribution is 5.79. The maximum atomic E-state index is 11.5. The van der Waals surface area contributed by atoms with E-state index in [2.05, 4.69) is 23.8 Å². The van der Waals surface area contributed by atoms with Gasteiger partial charge in [-0.25, -0.2) is 4.79 Å². The topological polar surface area (TPSA) is 50.4 Å². The Morgan fingerprint density at radius 2 is 2.24 bits per heavy atom. The molecule has 1 heterocycles. The number of hydrogen-bond acceptors (Lipinski definition) is 2. The van der Waals surface area contributed by atoms with Crippen LogP contribution in [0.15, 0.2) is 48.2 Å². The van der Waals surface area contributed by atoms with Crippen molar-refractivity contribution in [2.24, 2.45) is 0 Å². The molecule has 1 unspecified atom stereocenters. The largest absolute Gasteiger partial charge is 0.378 e. The molecule has 1 rings (SSSR count). The minimum absolute atomic E-state index is 0.176. The zero-order valence-electron chi connectivity index (χ0n) is 10.2. The van der Waals surface area contributed by atoms with Crippen LogP contribution >= 0.6 is 0 Å². The molecule has 0 aromatic carbocycles. The third kappa shape index (κ3) is 3.07. The van der Waals surface area contributed by atoms with Gasteiger partial charge in [-0.3, -0.25) is 0 Å². The number of nitrogens with one attached hydrogen (secondary N) is 2. The number of ether oxygens (including phenoxy) is 1. The summed E-state index contributed by atoms with van der Waals surface area (Å²) in [4.78, 5) is 11.5. The lowest BCUT2D eigenvalue weighted by Gasteiger charge is -2.29. The number of carbonyl (C=O) groups excluding carboxylic acids is 1. The van der Waals surface area contributed by atoms with Crippen LogP contribution in [0, 0.1) is 0 Å². The first-order valence-corrected chi connectivity index (χ1v) is 5.35. The smallest absolute Gasteiger partial charge is 0.319 e. The summed E-state index contributed by atoms with van der Waals surface area (Å²) in [6, 6.07) is -0.408. The van der Waals surface area contributed by atoms with E-state index in [1.165, 1.54) is 0 Å². The van der Waals surface area contributed by atoms with Crippen molar-refractivity contribution in [2.45, 2.75) is 13.0 Å². The quantitative estimate of drug-likeness (QED) is 0.714. The van der Waals surface area contributed by atoms with Gasteiger partial charge in [0.2, 0.25) is 0 Å². The molecular formula is C13H18N2O2. The highest BCUT2D eigenvalue weighted by atomic mass is 16.5. The molecular weight excluding hydrogens is 216 g/mol. The van der Waals surface area contributed by atoms with Gasteiger partial charge in [0.05, 0.1) is 12.6 Å². The Balaban J connectivity index is 3.09. The maximum absolute atomic E-state index is 11.5. The summed E-state index contributed by atoms with van der Waals surface area (Å²) in [5.41, 5.74) is 2.71. The van der Waals surface area contributed by atoms with Crippen LogP contribution in [0.2, 0.25) is 0 Å². The Hall–Kier alpha value is -1.81. The fourth-order valence-corrected chi connectivity index (χ4v) is 1.73. The van der Waals surface area contributed by atoms with E-state index in [0.29, 0.717) is 6.61 Å². The lowest BCUT2D eigenvalue weighted by Crippen LogP contribution is -2.49. The molecule has 4 heteroatoms. The summed E-state index contributed by atoms with van der Waals surface area (Å²) < 4.78 is 5.06. The first kappa shape index (κ1) is 13.3. The molecule has 4 nitrogen and oxygen atoms in total. The fourth-order valence-electron chi connectivity index (χ4n) is 1.73. The summed E-state index contributed by atoms with van der Waals surface area (Å²) in [6.07, 6.45) is 5.22. The molecule has 92 valence electrons. The van der Waals surface area contributed by atoms with Crippen LogP contribution in [0.4, 0.5) is 4.79 Å². The van der Waals surface area contributed by atoms with E-state index in [-0.39, 0.29) is 12.1 Å². The first-order chi connectivity index (χ1) is 8.13. The van der Waals surface area contributed by atoms with Gasteiger partial charge in [0.1, 0.15) is 0 Å². The van der Waals surface area contributed by atoms with Crippen LogP contribution < -0.4 is 10.6 Å². The summed E-state index contributed by atoms with van der Waals surface area (Å²) in [5, 5.41) is 5.57. The summed E-state index contributed by atoms with van der Waals surface area (Å²) in [6.45, 7) is 9.73. The number of urea groups is 1. The molecule has 0 bridgehead atoms. The van der Waals surface area contributed by atoms with Crippen LogP contribution in [0.3, 0.4) is 0 Å². The first-order valence-electron chi connectivity index (χ1n) is 5.35. The Morgan fingerprint density at radius 3 is 2.76 bits per heavy atom. The Labute approximate surface area is 102 Å². The van der Waals surface area contributed by atoms with Crippen LogP contribution in [0.5, 0.6) is 0 Å². The molecule has 0 saturated carbocycles. The zero-order valence-corrected chi connectivity index (χ0v) is 10.2. The van der Waals surface area contributed by atoms with Crippen molar-refractivity contribution in [2.75, 3.05) is 13.7 Å². The Bertz CT molecular complexity index is 394. The van der Waals surface area contributed by atoms with E-state index >= 15 is 0 Å². The summed E-state index contributed by atoms with van der Waals surface area (Å²) >= 11 is 0. The van der Waals surface area contributed by atoms with E-state index in [1.807, 2.05) is 13.0 Å². The number of allylic oxidation sites excluding steroid dienone is 2. The van der Waals surface area contributed by atoms with Gasteiger partial charge in [-0.05, 0) is 18.1 Å². The molecule has 0 aromatic heterocycles. The molecule has 0 aliphatic carbocycles. The zero-order chi connectivity index (χ0) is 12.8. The van der Waals surface area contributed by atoms with Crippen molar-refractivity contribution >= 4 is 6.03 Å². The van der Waals surface area contributed by atoms with E-state index in [0.717, 1.165) is 16.8 Å². The minimum atomic E-state index is -0.232.